The first-order chi connectivity index (χ1) is 11.5. The van der Waals surface area contributed by atoms with Gasteiger partial charge in [-0.15, -0.1) is 0 Å². The number of rotatable bonds is 4. The third-order valence-corrected chi connectivity index (χ3v) is 3.67. The van der Waals surface area contributed by atoms with E-state index >= 15 is 0 Å². The van der Waals surface area contributed by atoms with Crippen LogP contribution in [0.25, 0.3) is 0 Å². The van der Waals surface area contributed by atoms with E-state index in [0.717, 1.165) is 4.90 Å². The molecule has 6 nitrogen and oxygen atoms in total. The third kappa shape index (κ3) is 2.96. The van der Waals surface area contributed by atoms with Gasteiger partial charge in [0.05, 0.1) is 18.1 Å². The van der Waals surface area contributed by atoms with E-state index in [9.17, 15) is 23.9 Å². The molecule has 3 rings (SSSR count). The van der Waals surface area contributed by atoms with Gasteiger partial charge in [-0.05, 0) is 42.0 Å². The third-order valence-electron chi connectivity index (χ3n) is 3.67. The number of carboxylic acids is 1. The molecule has 2 aromatic rings. The van der Waals surface area contributed by atoms with Gasteiger partial charge in [-0.1, -0.05) is 12.1 Å². The predicted octanol–water partition coefficient (Wildman–Crippen LogP) is 0.933. The molecule has 0 aliphatic carbocycles. The quantitative estimate of drug-likeness (QED) is 0.844. The Morgan fingerprint density at radius 3 is 2.54 bits per heavy atom. The van der Waals surface area contributed by atoms with Gasteiger partial charge in [0.2, 0.25) is 5.91 Å². The molecule has 0 unspecified atom stereocenters. The average molecular weight is 327 g/mol. The van der Waals surface area contributed by atoms with Gasteiger partial charge in [0, 0.05) is 5.69 Å². The molecular weight excluding hydrogens is 315 g/mol. The maximum absolute atomic E-state index is 12.9. The first-order valence-corrected chi connectivity index (χ1v) is 7.16. The highest BCUT2D eigenvalue weighted by molar-refractivity contribution is 6.23. The van der Waals surface area contributed by atoms with Crippen LogP contribution in [0.4, 0.5) is 15.8 Å². The summed E-state index contributed by atoms with van der Waals surface area (Å²) in [7, 11) is 0. The number of halogens is 1. The lowest BCUT2D eigenvalue weighted by Crippen LogP contribution is -2.35. The van der Waals surface area contributed by atoms with Crippen LogP contribution in [0.3, 0.4) is 0 Å². The highest BCUT2D eigenvalue weighted by atomic mass is 19.1. The van der Waals surface area contributed by atoms with Gasteiger partial charge >= 0.3 is 0 Å². The van der Waals surface area contributed by atoms with Crippen molar-refractivity contribution < 1.29 is 23.9 Å². The van der Waals surface area contributed by atoms with E-state index in [1.807, 2.05) is 0 Å². The summed E-state index contributed by atoms with van der Waals surface area (Å²) in [6, 6.07) is 10.1. The standard InChI is InChI=1S/C17H13FN2O4/c18-11-4-6-12(7-5-11)19-14-9-15(21)20(16(14)22)13-3-1-2-10(8-13)17(23)24/h1-8,14,19H,9H2,(H,23,24)/p-1/t14-/m0/s1. The molecule has 7 heteroatoms. The number of hydrogen-bond donors (Lipinski definition) is 1. The van der Waals surface area contributed by atoms with Gasteiger partial charge in [0.15, 0.2) is 0 Å². The van der Waals surface area contributed by atoms with Gasteiger partial charge in [-0.3, -0.25) is 9.59 Å². The van der Waals surface area contributed by atoms with Crippen molar-refractivity contribution in [2.75, 3.05) is 10.2 Å². The van der Waals surface area contributed by atoms with Crippen LogP contribution < -0.4 is 15.3 Å². The van der Waals surface area contributed by atoms with Crippen molar-refractivity contribution in [3.05, 3.63) is 59.9 Å². The molecule has 1 atom stereocenters. The molecule has 24 heavy (non-hydrogen) atoms. The fourth-order valence-electron chi connectivity index (χ4n) is 2.54. The van der Waals surface area contributed by atoms with E-state index in [4.69, 9.17) is 0 Å². The smallest absolute Gasteiger partial charge is 0.256 e. The normalized spacial score (nSPS) is 17.2. The number of imide groups is 1. The van der Waals surface area contributed by atoms with Crippen molar-refractivity contribution in [3.8, 4) is 0 Å². The molecule has 1 N–H and O–H groups in total. The number of amides is 2. The lowest BCUT2D eigenvalue weighted by Gasteiger charge is -2.17. The molecule has 2 aromatic carbocycles. The van der Waals surface area contributed by atoms with Gasteiger partial charge in [-0.2, -0.15) is 0 Å². The van der Waals surface area contributed by atoms with Crippen LogP contribution in [0.2, 0.25) is 0 Å². The topological polar surface area (TPSA) is 89.5 Å². The lowest BCUT2D eigenvalue weighted by atomic mass is 10.2. The molecule has 1 aliphatic rings. The largest absolute Gasteiger partial charge is 0.545 e. The maximum Gasteiger partial charge on any atom is 0.256 e. The predicted molar refractivity (Wildman–Crippen MR) is 81.7 cm³/mol. The highest BCUT2D eigenvalue weighted by Gasteiger charge is 2.39. The summed E-state index contributed by atoms with van der Waals surface area (Å²) >= 11 is 0. The number of carbonyl (C=O) groups excluding carboxylic acids is 3. The Morgan fingerprint density at radius 1 is 1.17 bits per heavy atom. The first-order valence-electron chi connectivity index (χ1n) is 7.16. The van der Waals surface area contributed by atoms with Crippen molar-refractivity contribution in [1.82, 2.24) is 0 Å². The fourth-order valence-corrected chi connectivity index (χ4v) is 2.54. The van der Waals surface area contributed by atoms with Crippen LogP contribution >= 0.6 is 0 Å². The van der Waals surface area contributed by atoms with E-state index in [-0.39, 0.29) is 17.7 Å². The Kier molecular flexibility index (Phi) is 3.99. The molecule has 1 heterocycles. The Labute approximate surface area is 136 Å². The molecule has 1 aliphatic heterocycles. The summed E-state index contributed by atoms with van der Waals surface area (Å²) in [5, 5.41) is 13.8. The molecule has 0 spiro atoms. The molecular formula is C17H12FN2O4-. The molecule has 0 aromatic heterocycles. The van der Waals surface area contributed by atoms with Crippen LogP contribution in [0.15, 0.2) is 48.5 Å². The molecule has 2 amide bonds. The zero-order chi connectivity index (χ0) is 17.3. The summed E-state index contributed by atoms with van der Waals surface area (Å²) in [6.45, 7) is 0. The van der Waals surface area contributed by atoms with Crippen molar-refractivity contribution in [2.24, 2.45) is 0 Å². The monoisotopic (exact) mass is 327 g/mol. The number of benzene rings is 2. The number of nitrogens with one attached hydrogen (secondary N) is 1. The van der Waals surface area contributed by atoms with Gasteiger partial charge in [0.25, 0.3) is 5.91 Å². The van der Waals surface area contributed by atoms with Crippen molar-refractivity contribution in [3.63, 3.8) is 0 Å². The fraction of sp³-hybridized carbons (Fsp3) is 0.118. The summed E-state index contributed by atoms with van der Waals surface area (Å²) in [4.78, 5) is 36.5. The van der Waals surface area contributed by atoms with Crippen molar-refractivity contribution in [2.45, 2.75) is 12.5 Å². The molecule has 0 bridgehead atoms. The van der Waals surface area contributed by atoms with E-state index in [0.29, 0.717) is 5.69 Å². The number of anilines is 2. The lowest BCUT2D eigenvalue weighted by molar-refractivity contribution is -0.255. The minimum absolute atomic E-state index is 0.0776. The van der Waals surface area contributed by atoms with E-state index in [2.05, 4.69) is 5.32 Å². The minimum atomic E-state index is -1.39. The SMILES string of the molecule is O=C([O-])c1cccc(N2C(=O)C[C@H](Nc3ccc(F)cc3)C2=O)c1. The van der Waals surface area contributed by atoms with Crippen LogP contribution in [0, 0.1) is 5.82 Å². The first kappa shape index (κ1) is 15.7. The van der Waals surface area contributed by atoms with Crippen molar-refractivity contribution in [1.29, 1.82) is 0 Å². The summed E-state index contributed by atoms with van der Waals surface area (Å²) < 4.78 is 12.9. The number of carbonyl (C=O) groups is 3. The maximum atomic E-state index is 12.9. The second-order valence-electron chi connectivity index (χ2n) is 5.31. The summed E-state index contributed by atoms with van der Waals surface area (Å²) in [5.41, 5.74) is 0.561. The molecule has 122 valence electrons. The average Bonchev–Trinajstić information content (AvgIpc) is 2.83. The van der Waals surface area contributed by atoms with Gasteiger partial charge in [0.1, 0.15) is 11.9 Å². The summed E-state index contributed by atoms with van der Waals surface area (Å²) in [5.74, 6) is -2.75. The Morgan fingerprint density at radius 2 is 1.88 bits per heavy atom. The zero-order valence-electron chi connectivity index (χ0n) is 12.4. The van der Waals surface area contributed by atoms with E-state index in [1.165, 1.54) is 48.5 Å². The van der Waals surface area contributed by atoms with Crippen molar-refractivity contribution >= 4 is 29.2 Å². The minimum Gasteiger partial charge on any atom is -0.545 e. The van der Waals surface area contributed by atoms with Crippen LogP contribution in [-0.2, 0) is 9.59 Å². The Bertz CT molecular complexity index is 820. The second kappa shape index (κ2) is 6.11. The second-order valence-corrected chi connectivity index (χ2v) is 5.31. The number of hydrogen-bond acceptors (Lipinski definition) is 5. The van der Waals surface area contributed by atoms with Crippen LogP contribution in [-0.4, -0.2) is 23.8 Å². The summed E-state index contributed by atoms with van der Waals surface area (Å²) in [6.07, 6.45) is -0.0776. The van der Waals surface area contributed by atoms with E-state index in [1.54, 1.807) is 0 Å². The number of aromatic carboxylic acids is 1. The molecule has 0 saturated carbocycles. The van der Waals surface area contributed by atoms with Gasteiger partial charge in [-0.25, -0.2) is 9.29 Å². The number of carboxylic acid groups (broad SMARTS) is 1. The van der Waals surface area contributed by atoms with Crippen LogP contribution in [0.1, 0.15) is 16.8 Å². The number of nitrogens with zero attached hydrogens (tertiary/aromatic N) is 1. The Hall–Kier alpha value is -3.22. The Balaban J connectivity index is 1.82. The molecule has 1 saturated heterocycles. The van der Waals surface area contributed by atoms with E-state index < -0.39 is 29.6 Å². The highest BCUT2D eigenvalue weighted by Crippen LogP contribution is 2.25. The molecule has 1 fully saturated rings. The zero-order valence-corrected chi connectivity index (χ0v) is 12.4. The van der Waals surface area contributed by atoms with Gasteiger partial charge < -0.3 is 15.2 Å². The van der Waals surface area contributed by atoms with Crippen LogP contribution in [0.5, 0.6) is 0 Å². The molecule has 0 radical (unpaired) electrons.